The molecule has 1 spiro atoms. The quantitative estimate of drug-likeness (QED) is 0.328. The smallest absolute Gasteiger partial charge is 0.291 e. The van der Waals surface area contributed by atoms with Gasteiger partial charge in [-0.05, 0) is 43.2 Å². The highest BCUT2D eigenvalue weighted by atomic mass is 35.5. The van der Waals surface area contributed by atoms with Crippen LogP contribution >= 0.6 is 11.6 Å². The van der Waals surface area contributed by atoms with Gasteiger partial charge in [-0.25, -0.2) is 0 Å². The van der Waals surface area contributed by atoms with Gasteiger partial charge in [0.1, 0.15) is 5.58 Å². The molecule has 2 amide bonds. The molecule has 0 saturated heterocycles. The van der Waals surface area contributed by atoms with Gasteiger partial charge in [0.15, 0.2) is 11.0 Å². The van der Waals surface area contributed by atoms with Crippen LogP contribution in [0.5, 0.6) is 0 Å². The van der Waals surface area contributed by atoms with Crippen molar-refractivity contribution >= 4 is 40.1 Å². The van der Waals surface area contributed by atoms with Gasteiger partial charge in [0, 0.05) is 30.8 Å². The molecule has 2 aliphatic rings. The van der Waals surface area contributed by atoms with Gasteiger partial charge in [-0.1, -0.05) is 59.6 Å². The molecular weight excluding hydrogens is 504 g/mol. The van der Waals surface area contributed by atoms with Crippen LogP contribution in [0.15, 0.2) is 75.9 Å². The predicted molar refractivity (Wildman–Crippen MR) is 145 cm³/mol. The summed E-state index contributed by atoms with van der Waals surface area (Å²) in [4.78, 5) is 45.9. The molecule has 8 heteroatoms. The van der Waals surface area contributed by atoms with E-state index in [1.165, 1.54) is 11.0 Å². The number of hydrogen-bond donors (Lipinski definition) is 0. The Balaban J connectivity index is 1.62. The van der Waals surface area contributed by atoms with Gasteiger partial charge in [0.25, 0.3) is 11.8 Å². The van der Waals surface area contributed by atoms with Crippen LogP contribution in [-0.2, 0) is 21.6 Å². The van der Waals surface area contributed by atoms with Gasteiger partial charge in [-0.15, -0.1) is 0 Å². The van der Waals surface area contributed by atoms with Gasteiger partial charge in [-0.3, -0.25) is 14.4 Å². The SMILES string of the molecule is COCCCN1C(=O)c2oc3ccc(Cl)cc3c(=O)c2C12C(=O)N(Cc1ccc(C)cc1)c1ccccc12. The van der Waals surface area contributed by atoms with Crippen LogP contribution in [-0.4, -0.2) is 37.0 Å². The second-order valence-corrected chi connectivity index (χ2v) is 10.1. The molecule has 2 aliphatic heterocycles. The molecule has 38 heavy (non-hydrogen) atoms. The maximum atomic E-state index is 14.7. The highest BCUT2D eigenvalue weighted by Crippen LogP contribution is 2.53. The zero-order valence-corrected chi connectivity index (χ0v) is 21.7. The standard InChI is InChI=1S/C30H25ClN2O5/c1-18-8-10-19(11-9-18)17-32-23-7-4-3-6-22(23)30(29(32)36)25-26(34)21-16-20(31)12-13-24(21)38-27(25)28(35)33(30)14-5-15-37-2/h3-4,6-13,16H,5,14-15,17H2,1-2H3. The number of ether oxygens (including phenoxy) is 1. The number of nitrogens with zero attached hydrogens (tertiary/aromatic N) is 2. The average Bonchev–Trinajstić information content (AvgIpc) is 3.31. The number of anilines is 1. The normalized spacial score (nSPS) is 18.1. The number of hydrogen-bond acceptors (Lipinski definition) is 5. The lowest BCUT2D eigenvalue weighted by molar-refractivity contribution is -0.126. The Morgan fingerprint density at radius 2 is 1.76 bits per heavy atom. The van der Waals surface area contributed by atoms with E-state index in [9.17, 15) is 14.4 Å². The fraction of sp³-hybridized carbons (Fsp3) is 0.233. The lowest BCUT2D eigenvalue weighted by atomic mass is 9.84. The topological polar surface area (TPSA) is 80.1 Å². The van der Waals surface area contributed by atoms with Crippen molar-refractivity contribution in [2.24, 2.45) is 0 Å². The molecule has 7 nitrogen and oxygen atoms in total. The van der Waals surface area contributed by atoms with Gasteiger partial charge in [-0.2, -0.15) is 0 Å². The third-order valence-electron chi connectivity index (χ3n) is 7.39. The van der Waals surface area contributed by atoms with Crippen molar-refractivity contribution in [3.8, 4) is 0 Å². The molecule has 0 saturated carbocycles. The van der Waals surface area contributed by atoms with Gasteiger partial charge in [0.05, 0.1) is 23.2 Å². The number of aryl methyl sites for hydroxylation is 1. The fourth-order valence-corrected chi connectivity index (χ4v) is 5.84. The van der Waals surface area contributed by atoms with Crippen LogP contribution < -0.4 is 10.3 Å². The highest BCUT2D eigenvalue weighted by Gasteiger charge is 2.64. The number of amides is 2. The lowest BCUT2D eigenvalue weighted by Crippen LogP contribution is -2.53. The summed E-state index contributed by atoms with van der Waals surface area (Å²) >= 11 is 6.22. The van der Waals surface area contributed by atoms with Crippen molar-refractivity contribution in [2.75, 3.05) is 25.2 Å². The van der Waals surface area contributed by atoms with Crippen LogP contribution in [0.2, 0.25) is 5.02 Å². The molecule has 0 N–H and O–H groups in total. The number of para-hydroxylation sites is 1. The Hall–Kier alpha value is -3.94. The summed E-state index contributed by atoms with van der Waals surface area (Å²) in [6, 6.07) is 20.0. The first kappa shape index (κ1) is 24.4. The zero-order chi connectivity index (χ0) is 26.6. The summed E-state index contributed by atoms with van der Waals surface area (Å²) in [7, 11) is 1.58. The molecule has 4 aromatic rings. The van der Waals surface area contributed by atoms with Crippen LogP contribution in [0, 0.1) is 6.92 Å². The minimum atomic E-state index is -1.65. The van der Waals surface area contributed by atoms with Crippen LogP contribution in [0.25, 0.3) is 11.0 Å². The Morgan fingerprint density at radius 1 is 1.00 bits per heavy atom. The Labute approximate surface area is 224 Å². The summed E-state index contributed by atoms with van der Waals surface area (Å²) in [5.41, 5.74) is 1.47. The minimum Gasteiger partial charge on any atom is -0.450 e. The molecule has 1 aromatic heterocycles. The Morgan fingerprint density at radius 3 is 2.53 bits per heavy atom. The van der Waals surface area contributed by atoms with E-state index in [0.717, 1.165) is 11.1 Å². The molecule has 192 valence electrons. The molecular formula is C30H25ClN2O5. The van der Waals surface area contributed by atoms with Crippen molar-refractivity contribution < 1.29 is 18.7 Å². The number of halogens is 1. The highest BCUT2D eigenvalue weighted by molar-refractivity contribution is 6.31. The summed E-state index contributed by atoms with van der Waals surface area (Å²) in [6.07, 6.45) is 0.477. The summed E-state index contributed by atoms with van der Waals surface area (Å²) in [5, 5.41) is 0.587. The number of methoxy groups -OCH3 is 1. The largest absolute Gasteiger partial charge is 0.450 e. The number of fused-ring (bicyclic) bond motifs is 5. The third kappa shape index (κ3) is 3.42. The molecule has 0 radical (unpaired) electrons. The van der Waals surface area contributed by atoms with Crippen molar-refractivity contribution in [1.29, 1.82) is 0 Å². The molecule has 3 heterocycles. The predicted octanol–water partition coefficient (Wildman–Crippen LogP) is 5.04. The molecule has 0 bridgehead atoms. The van der Waals surface area contributed by atoms with Crippen molar-refractivity contribution in [1.82, 2.24) is 4.90 Å². The van der Waals surface area contributed by atoms with E-state index < -0.39 is 16.9 Å². The van der Waals surface area contributed by atoms with Crippen LogP contribution in [0.3, 0.4) is 0 Å². The van der Waals surface area contributed by atoms with Gasteiger partial charge < -0.3 is 19.0 Å². The first-order chi connectivity index (χ1) is 18.4. The maximum absolute atomic E-state index is 14.7. The van der Waals surface area contributed by atoms with E-state index >= 15 is 0 Å². The molecule has 6 rings (SSSR count). The summed E-state index contributed by atoms with van der Waals surface area (Å²) in [5.74, 6) is -0.967. The second-order valence-electron chi connectivity index (χ2n) is 9.68. The molecule has 1 atom stereocenters. The van der Waals surface area contributed by atoms with E-state index in [2.05, 4.69) is 0 Å². The van der Waals surface area contributed by atoms with E-state index in [1.807, 2.05) is 55.5 Å². The summed E-state index contributed by atoms with van der Waals surface area (Å²) < 4.78 is 11.3. The van der Waals surface area contributed by atoms with E-state index in [1.54, 1.807) is 24.1 Å². The van der Waals surface area contributed by atoms with E-state index in [0.29, 0.717) is 29.3 Å². The van der Waals surface area contributed by atoms with Crippen LogP contribution in [0.4, 0.5) is 5.69 Å². The molecule has 0 aliphatic carbocycles. The first-order valence-corrected chi connectivity index (χ1v) is 12.8. The lowest BCUT2D eigenvalue weighted by Gasteiger charge is -2.34. The first-order valence-electron chi connectivity index (χ1n) is 12.4. The summed E-state index contributed by atoms with van der Waals surface area (Å²) in [6.45, 7) is 2.88. The number of rotatable bonds is 6. The second kappa shape index (κ2) is 9.11. The molecule has 1 unspecified atom stereocenters. The zero-order valence-electron chi connectivity index (χ0n) is 21.0. The van der Waals surface area contributed by atoms with Crippen molar-refractivity contribution in [3.63, 3.8) is 0 Å². The number of carbonyl (C=O) groups is 2. The van der Waals surface area contributed by atoms with E-state index in [4.69, 9.17) is 20.8 Å². The monoisotopic (exact) mass is 528 g/mol. The van der Waals surface area contributed by atoms with Crippen LogP contribution in [0.1, 0.15) is 39.2 Å². The number of benzene rings is 3. The molecule has 0 fully saturated rings. The molecule has 3 aromatic carbocycles. The van der Waals surface area contributed by atoms with Crippen molar-refractivity contribution in [2.45, 2.75) is 25.4 Å². The van der Waals surface area contributed by atoms with Gasteiger partial charge >= 0.3 is 0 Å². The number of carbonyl (C=O) groups excluding carboxylic acids is 2. The van der Waals surface area contributed by atoms with Gasteiger partial charge in [0.2, 0.25) is 5.76 Å². The minimum absolute atomic E-state index is 0.0403. The van der Waals surface area contributed by atoms with Crippen molar-refractivity contribution in [3.05, 3.63) is 110 Å². The maximum Gasteiger partial charge on any atom is 0.291 e. The fourth-order valence-electron chi connectivity index (χ4n) is 5.66. The Bertz CT molecular complexity index is 1660. The average molecular weight is 529 g/mol. The third-order valence-corrected chi connectivity index (χ3v) is 7.62. The Kier molecular flexibility index (Phi) is 5.85. The van der Waals surface area contributed by atoms with E-state index in [-0.39, 0.29) is 41.3 Å².